The summed E-state index contributed by atoms with van der Waals surface area (Å²) in [6, 6.07) is 14.6. The number of carbonyl (C=O) groups excluding carboxylic acids is 2. The quantitative estimate of drug-likeness (QED) is 0.856. The maximum atomic E-state index is 12.3. The summed E-state index contributed by atoms with van der Waals surface area (Å²) in [4.78, 5) is 25.1. The number of anilines is 3. The van der Waals surface area contributed by atoms with Crippen LogP contribution in [0.3, 0.4) is 0 Å². The zero-order chi connectivity index (χ0) is 17.5. The summed E-state index contributed by atoms with van der Waals surface area (Å²) in [5.41, 5.74) is 2.09. The van der Waals surface area contributed by atoms with Crippen molar-refractivity contribution in [2.24, 2.45) is 0 Å². The molecule has 0 heterocycles. The Morgan fingerprint density at radius 1 is 1.12 bits per heavy atom. The number of hydrogen-bond acceptors (Lipinski definition) is 4. The van der Waals surface area contributed by atoms with Crippen molar-refractivity contribution in [3.05, 3.63) is 48.5 Å². The molecule has 2 rings (SSSR count). The topological polar surface area (TPSA) is 70.7 Å². The van der Waals surface area contributed by atoms with Crippen molar-refractivity contribution in [2.45, 2.75) is 6.92 Å². The van der Waals surface area contributed by atoms with Crippen molar-refractivity contribution in [3.63, 3.8) is 0 Å². The van der Waals surface area contributed by atoms with E-state index in [0.717, 1.165) is 5.69 Å². The van der Waals surface area contributed by atoms with Gasteiger partial charge in [-0.15, -0.1) is 0 Å². The molecular weight excluding hydrogens is 306 g/mol. The van der Waals surface area contributed by atoms with Gasteiger partial charge in [-0.1, -0.05) is 18.2 Å². The minimum Gasteiger partial charge on any atom is -0.495 e. The maximum absolute atomic E-state index is 12.3. The van der Waals surface area contributed by atoms with Gasteiger partial charge in [-0.3, -0.25) is 9.59 Å². The van der Waals surface area contributed by atoms with Gasteiger partial charge in [0, 0.05) is 25.3 Å². The number of hydrogen-bond donors (Lipinski definition) is 2. The number of carbonyl (C=O) groups is 2. The molecular formula is C18H21N3O3. The van der Waals surface area contributed by atoms with Gasteiger partial charge in [-0.2, -0.15) is 0 Å². The summed E-state index contributed by atoms with van der Waals surface area (Å²) in [5.74, 6) is 0.346. The Labute approximate surface area is 141 Å². The average Bonchev–Trinajstić information content (AvgIpc) is 2.59. The molecule has 2 aromatic carbocycles. The van der Waals surface area contributed by atoms with E-state index in [1.807, 2.05) is 30.3 Å². The van der Waals surface area contributed by atoms with Crippen LogP contribution < -0.4 is 20.3 Å². The molecule has 0 aliphatic carbocycles. The van der Waals surface area contributed by atoms with Gasteiger partial charge in [0.05, 0.1) is 19.3 Å². The lowest BCUT2D eigenvalue weighted by molar-refractivity contribution is -0.116. The molecule has 0 aliphatic heterocycles. The van der Waals surface area contributed by atoms with E-state index in [4.69, 9.17) is 4.74 Å². The van der Waals surface area contributed by atoms with Crippen molar-refractivity contribution < 1.29 is 14.3 Å². The van der Waals surface area contributed by atoms with Gasteiger partial charge in [0.15, 0.2) is 0 Å². The Morgan fingerprint density at radius 3 is 2.46 bits per heavy atom. The fourth-order valence-corrected chi connectivity index (χ4v) is 2.21. The first-order valence-corrected chi connectivity index (χ1v) is 7.52. The first-order valence-electron chi connectivity index (χ1n) is 7.52. The molecule has 24 heavy (non-hydrogen) atoms. The van der Waals surface area contributed by atoms with Gasteiger partial charge in [-0.05, 0) is 30.3 Å². The number of nitrogens with one attached hydrogen (secondary N) is 2. The molecule has 0 saturated carbocycles. The Bertz CT molecular complexity index is 717. The van der Waals surface area contributed by atoms with Gasteiger partial charge in [0.25, 0.3) is 0 Å². The van der Waals surface area contributed by atoms with Crippen molar-refractivity contribution in [2.75, 3.05) is 36.2 Å². The summed E-state index contributed by atoms with van der Waals surface area (Å²) in [6.45, 7) is 1.54. The van der Waals surface area contributed by atoms with Crippen LogP contribution in [0.25, 0.3) is 0 Å². The number of nitrogens with zero attached hydrogens (tertiary/aromatic N) is 1. The highest BCUT2D eigenvalue weighted by Gasteiger charge is 2.12. The monoisotopic (exact) mass is 327 g/mol. The summed E-state index contributed by atoms with van der Waals surface area (Å²) in [6.07, 6.45) is 0. The van der Waals surface area contributed by atoms with Crippen LogP contribution in [0.4, 0.5) is 17.1 Å². The number of ether oxygens (including phenoxy) is 1. The van der Waals surface area contributed by atoms with E-state index in [9.17, 15) is 9.59 Å². The lowest BCUT2D eigenvalue weighted by Crippen LogP contribution is -2.32. The molecule has 0 aliphatic rings. The lowest BCUT2D eigenvalue weighted by Gasteiger charge is -2.19. The summed E-state index contributed by atoms with van der Waals surface area (Å²) in [5, 5.41) is 5.76. The van der Waals surface area contributed by atoms with Crippen LogP contribution in [0.1, 0.15) is 6.92 Å². The molecule has 6 heteroatoms. The van der Waals surface area contributed by atoms with Gasteiger partial charge < -0.3 is 20.3 Å². The van der Waals surface area contributed by atoms with Crippen LogP contribution in [0, 0.1) is 0 Å². The molecule has 2 amide bonds. The smallest absolute Gasteiger partial charge is 0.246 e. The Balaban J connectivity index is 2.07. The van der Waals surface area contributed by atoms with Gasteiger partial charge in [0.2, 0.25) is 11.8 Å². The van der Waals surface area contributed by atoms with Crippen LogP contribution >= 0.6 is 0 Å². The first kappa shape index (κ1) is 17.3. The highest BCUT2D eigenvalue weighted by Crippen LogP contribution is 2.27. The van der Waals surface area contributed by atoms with Crippen LogP contribution in [0.2, 0.25) is 0 Å². The first-order chi connectivity index (χ1) is 11.5. The molecule has 2 aromatic rings. The summed E-state index contributed by atoms with van der Waals surface area (Å²) in [7, 11) is 3.28. The Morgan fingerprint density at radius 2 is 1.83 bits per heavy atom. The minimum absolute atomic E-state index is 0.0896. The molecule has 0 bridgehead atoms. The predicted octanol–water partition coefficient (Wildman–Crippen LogP) is 2.73. The molecule has 0 saturated heterocycles. The van der Waals surface area contributed by atoms with E-state index in [2.05, 4.69) is 10.6 Å². The largest absolute Gasteiger partial charge is 0.495 e. The second-order valence-corrected chi connectivity index (χ2v) is 5.24. The van der Waals surface area contributed by atoms with Crippen molar-refractivity contribution >= 4 is 28.9 Å². The molecule has 2 N–H and O–H groups in total. The van der Waals surface area contributed by atoms with Crippen molar-refractivity contribution in [1.29, 1.82) is 0 Å². The molecule has 126 valence electrons. The van der Waals surface area contributed by atoms with Crippen LogP contribution in [-0.2, 0) is 9.59 Å². The molecule has 6 nitrogen and oxygen atoms in total. The highest BCUT2D eigenvalue weighted by atomic mass is 16.5. The third-order valence-corrected chi connectivity index (χ3v) is 3.47. The maximum Gasteiger partial charge on any atom is 0.246 e. The number of likely N-dealkylation sites (N-methyl/N-ethyl adjacent to an activating group) is 1. The minimum atomic E-state index is -0.161. The third-order valence-electron chi connectivity index (χ3n) is 3.47. The van der Waals surface area contributed by atoms with Crippen molar-refractivity contribution in [3.8, 4) is 5.75 Å². The van der Waals surface area contributed by atoms with Crippen LogP contribution in [-0.4, -0.2) is 32.5 Å². The zero-order valence-corrected chi connectivity index (χ0v) is 14.0. The van der Waals surface area contributed by atoms with Gasteiger partial charge in [0.1, 0.15) is 5.75 Å². The SMILES string of the molecule is COc1ccc(NC(C)=O)cc1NCC(=O)N(C)c1ccccc1. The number of methoxy groups -OCH3 is 1. The van der Waals surface area contributed by atoms with E-state index in [1.165, 1.54) is 6.92 Å². The molecule has 0 radical (unpaired) electrons. The number of benzene rings is 2. The van der Waals surface area contributed by atoms with Crippen LogP contribution in [0.5, 0.6) is 5.75 Å². The number of rotatable bonds is 6. The molecule has 0 fully saturated rings. The zero-order valence-electron chi connectivity index (χ0n) is 14.0. The fourth-order valence-electron chi connectivity index (χ4n) is 2.21. The van der Waals surface area contributed by atoms with E-state index in [0.29, 0.717) is 17.1 Å². The molecule has 0 atom stereocenters. The second kappa shape index (κ2) is 8.01. The lowest BCUT2D eigenvalue weighted by atomic mass is 10.2. The second-order valence-electron chi connectivity index (χ2n) is 5.24. The summed E-state index contributed by atoms with van der Waals surface area (Å²) < 4.78 is 5.28. The normalized spacial score (nSPS) is 9.96. The van der Waals surface area contributed by atoms with E-state index >= 15 is 0 Å². The fraction of sp³-hybridized carbons (Fsp3) is 0.222. The molecule has 0 spiro atoms. The Hall–Kier alpha value is -3.02. The van der Waals surface area contributed by atoms with E-state index in [1.54, 1.807) is 37.3 Å². The van der Waals surface area contributed by atoms with E-state index < -0.39 is 0 Å². The summed E-state index contributed by atoms with van der Waals surface area (Å²) >= 11 is 0. The molecule has 0 unspecified atom stereocenters. The number of para-hydroxylation sites is 1. The predicted molar refractivity (Wildman–Crippen MR) is 95.6 cm³/mol. The average molecular weight is 327 g/mol. The van der Waals surface area contributed by atoms with Gasteiger partial charge in [-0.25, -0.2) is 0 Å². The third kappa shape index (κ3) is 4.49. The molecule has 0 aromatic heterocycles. The van der Waals surface area contributed by atoms with E-state index in [-0.39, 0.29) is 18.4 Å². The number of amides is 2. The standard InChI is InChI=1S/C18H21N3O3/c1-13(22)20-14-9-10-17(24-3)16(11-14)19-12-18(23)21(2)15-7-5-4-6-8-15/h4-11,19H,12H2,1-3H3,(H,20,22). The Kier molecular flexibility index (Phi) is 5.78. The highest BCUT2D eigenvalue weighted by molar-refractivity contribution is 5.96. The van der Waals surface area contributed by atoms with Gasteiger partial charge >= 0.3 is 0 Å². The van der Waals surface area contributed by atoms with Crippen molar-refractivity contribution in [1.82, 2.24) is 0 Å². The van der Waals surface area contributed by atoms with Crippen LogP contribution in [0.15, 0.2) is 48.5 Å².